The minimum absolute atomic E-state index is 0.211. The van der Waals surface area contributed by atoms with E-state index in [0.717, 1.165) is 9.80 Å². The van der Waals surface area contributed by atoms with Crippen molar-refractivity contribution in [2.24, 2.45) is 0 Å². The topological polar surface area (TPSA) is 76.2 Å². The Morgan fingerprint density at radius 2 is 1.15 bits per heavy atom. The van der Waals surface area contributed by atoms with E-state index >= 15 is 0 Å². The molecule has 1 fully saturated rings. The smallest absolute Gasteiger partial charge is 0.343 e. The van der Waals surface area contributed by atoms with Crippen LogP contribution in [0.1, 0.15) is 5.56 Å². The quantitative estimate of drug-likeness (QED) is 0.339. The number of amides is 4. The van der Waals surface area contributed by atoms with E-state index in [0.29, 0.717) is 27.1 Å². The highest BCUT2D eigenvalue weighted by molar-refractivity contribution is 6.46. The minimum Gasteiger partial charge on any atom is -0.493 e. The average molecular weight is 497 g/mol. The molecular weight excluding hydrogens is 479 g/mol. The highest BCUT2D eigenvalue weighted by atomic mass is 35.5. The van der Waals surface area contributed by atoms with Crippen LogP contribution in [0.4, 0.5) is 16.2 Å². The number of urea groups is 1. The van der Waals surface area contributed by atoms with Crippen molar-refractivity contribution < 1.29 is 23.9 Å². The van der Waals surface area contributed by atoms with Crippen LogP contribution in [0.25, 0.3) is 6.08 Å². The van der Waals surface area contributed by atoms with Gasteiger partial charge in [0.05, 0.1) is 25.6 Å². The fourth-order valence-electron chi connectivity index (χ4n) is 3.47. The molecule has 0 radical (unpaired) electrons. The lowest BCUT2D eigenvalue weighted by atomic mass is 10.0. The van der Waals surface area contributed by atoms with Gasteiger partial charge in [-0.3, -0.25) is 9.59 Å². The number of anilines is 2. The van der Waals surface area contributed by atoms with E-state index in [1.807, 2.05) is 0 Å². The summed E-state index contributed by atoms with van der Waals surface area (Å²) < 4.78 is 10.6. The van der Waals surface area contributed by atoms with Crippen LogP contribution in [0.15, 0.2) is 72.3 Å². The molecule has 9 heteroatoms. The molecule has 0 bridgehead atoms. The highest BCUT2D eigenvalue weighted by Crippen LogP contribution is 2.33. The van der Waals surface area contributed by atoms with Crippen molar-refractivity contribution in [3.63, 3.8) is 0 Å². The summed E-state index contributed by atoms with van der Waals surface area (Å²) in [7, 11) is 2.98. The summed E-state index contributed by atoms with van der Waals surface area (Å²) in [6.45, 7) is 0. The second kappa shape index (κ2) is 9.59. The van der Waals surface area contributed by atoms with Gasteiger partial charge < -0.3 is 9.47 Å². The number of hydrogen-bond donors (Lipinski definition) is 0. The first-order valence-electron chi connectivity index (χ1n) is 10.0. The van der Waals surface area contributed by atoms with Gasteiger partial charge >= 0.3 is 6.03 Å². The SMILES string of the molecule is COc1ccc(C=C2C(=O)N(c3ccc(Cl)cc3)C(=O)N(c3ccc(Cl)cc3)C2=O)cc1OC. The Hall–Kier alpha value is -3.81. The van der Waals surface area contributed by atoms with Gasteiger partial charge in [0.1, 0.15) is 5.57 Å². The molecule has 7 nitrogen and oxygen atoms in total. The fraction of sp³-hybridized carbons (Fsp3) is 0.0800. The number of nitrogens with zero attached hydrogens (tertiary/aromatic N) is 2. The normalized spacial score (nSPS) is 13.9. The minimum atomic E-state index is -0.816. The lowest BCUT2D eigenvalue weighted by molar-refractivity contribution is -0.121. The van der Waals surface area contributed by atoms with Crippen LogP contribution in [0.5, 0.6) is 11.5 Å². The summed E-state index contributed by atoms with van der Waals surface area (Å²) in [6, 6.07) is 16.5. The first-order valence-corrected chi connectivity index (χ1v) is 10.8. The molecule has 0 atom stereocenters. The first kappa shape index (κ1) is 23.4. The van der Waals surface area contributed by atoms with Gasteiger partial charge in [-0.05, 0) is 72.3 Å². The molecule has 4 amide bonds. The van der Waals surface area contributed by atoms with Crippen LogP contribution >= 0.6 is 23.2 Å². The largest absolute Gasteiger partial charge is 0.493 e. The summed E-state index contributed by atoms with van der Waals surface area (Å²) in [5.74, 6) is -0.617. The molecule has 3 aromatic rings. The summed E-state index contributed by atoms with van der Waals surface area (Å²) in [6.07, 6.45) is 1.41. The molecule has 0 spiro atoms. The van der Waals surface area contributed by atoms with Crippen molar-refractivity contribution in [3.05, 3.63) is 87.9 Å². The third kappa shape index (κ3) is 4.35. The highest BCUT2D eigenvalue weighted by Gasteiger charge is 2.43. The number of rotatable bonds is 5. The van der Waals surface area contributed by atoms with Gasteiger partial charge in [0.2, 0.25) is 0 Å². The van der Waals surface area contributed by atoms with Crippen LogP contribution in [0.2, 0.25) is 10.0 Å². The molecule has 0 unspecified atom stereocenters. The lowest BCUT2D eigenvalue weighted by Crippen LogP contribution is -2.57. The molecule has 1 heterocycles. The van der Waals surface area contributed by atoms with Gasteiger partial charge in [0.15, 0.2) is 11.5 Å². The van der Waals surface area contributed by atoms with Gasteiger partial charge in [-0.1, -0.05) is 29.3 Å². The predicted molar refractivity (Wildman–Crippen MR) is 131 cm³/mol. The molecule has 0 N–H and O–H groups in total. The number of hydrogen-bond acceptors (Lipinski definition) is 5. The molecular formula is C25H18Cl2N2O5. The number of ether oxygens (including phenoxy) is 2. The number of carbonyl (C=O) groups is 3. The summed E-state index contributed by atoms with van der Waals surface area (Å²) in [5.41, 5.74) is 0.834. The Kier molecular flexibility index (Phi) is 6.58. The lowest BCUT2D eigenvalue weighted by Gasteiger charge is -2.34. The molecule has 4 rings (SSSR count). The number of carbonyl (C=O) groups excluding carboxylic acids is 3. The molecule has 34 heavy (non-hydrogen) atoms. The van der Waals surface area contributed by atoms with E-state index in [1.54, 1.807) is 42.5 Å². The molecule has 0 saturated carbocycles. The molecule has 1 aliphatic rings. The predicted octanol–water partition coefficient (Wildman–Crippen LogP) is 5.59. The van der Waals surface area contributed by atoms with Crippen LogP contribution < -0.4 is 19.3 Å². The maximum Gasteiger partial charge on any atom is 0.343 e. The van der Waals surface area contributed by atoms with E-state index in [2.05, 4.69) is 0 Å². The maximum atomic E-state index is 13.4. The second-order valence-electron chi connectivity index (χ2n) is 7.19. The maximum absolute atomic E-state index is 13.4. The number of methoxy groups -OCH3 is 2. The van der Waals surface area contributed by atoms with Crippen molar-refractivity contribution in [3.8, 4) is 11.5 Å². The summed E-state index contributed by atoms with van der Waals surface area (Å²) in [5, 5.41) is 0.875. The van der Waals surface area contributed by atoms with Crippen molar-refractivity contribution in [2.75, 3.05) is 24.0 Å². The van der Waals surface area contributed by atoms with E-state index in [4.69, 9.17) is 32.7 Å². The third-order valence-corrected chi connectivity index (χ3v) is 5.64. The number of halogens is 2. The van der Waals surface area contributed by atoms with E-state index in [1.165, 1.54) is 44.6 Å². The fourth-order valence-corrected chi connectivity index (χ4v) is 3.73. The van der Waals surface area contributed by atoms with Gasteiger partial charge in [-0.2, -0.15) is 0 Å². The number of barbiturate groups is 1. The van der Waals surface area contributed by atoms with Gasteiger partial charge in [-0.15, -0.1) is 0 Å². The average Bonchev–Trinajstić information content (AvgIpc) is 2.84. The molecule has 0 aromatic heterocycles. The van der Waals surface area contributed by atoms with Crippen LogP contribution in [-0.4, -0.2) is 32.1 Å². The standard InChI is InChI=1S/C25H18Cl2N2O5/c1-33-21-12-3-15(14-22(21)34-2)13-20-23(30)28(18-8-4-16(26)5-9-18)25(32)29(24(20)31)19-10-6-17(27)7-11-19/h3-14H,1-2H3. The Labute approximate surface area is 205 Å². The Balaban J connectivity index is 1.86. The molecule has 172 valence electrons. The Morgan fingerprint density at radius 1 is 0.676 bits per heavy atom. The molecule has 1 saturated heterocycles. The van der Waals surface area contributed by atoms with Crippen molar-refractivity contribution in [1.29, 1.82) is 0 Å². The summed E-state index contributed by atoms with van der Waals surface area (Å²) in [4.78, 5) is 42.1. The van der Waals surface area contributed by atoms with Crippen LogP contribution in [0, 0.1) is 0 Å². The molecule has 3 aromatic carbocycles. The molecule has 1 aliphatic heterocycles. The zero-order valence-electron chi connectivity index (χ0n) is 18.1. The van der Waals surface area contributed by atoms with E-state index in [9.17, 15) is 14.4 Å². The van der Waals surface area contributed by atoms with Gasteiger partial charge in [-0.25, -0.2) is 14.6 Å². The molecule has 0 aliphatic carbocycles. The van der Waals surface area contributed by atoms with Gasteiger partial charge in [0, 0.05) is 10.0 Å². The number of benzene rings is 3. The third-order valence-electron chi connectivity index (χ3n) is 5.14. The Morgan fingerprint density at radius 3 is 1.59 bits per heavy atom. The second-order valence-corrected chi connectivity index (χ2v) is 8.06. The first-order chi connectivity index (χ1) is 16.3. The summed E-state index contributed by atoms with van der Waals surface area (Å²) >= 11 is 12.0. The number of imide groups is 2. The van der Waals surface area contributed by atoms with Crippen molar-refractivity contribution >= 4 is 58.5 Å². The Bertz CT molecular complexity index is 1230. The zero-order chi connectivity index (χ0) is 24.4. The van der Waals surface area contributed by atoms with E-state index in [-0.39, 0.29) is 16.9 Å². The van der Waals surface area contributed by atoms with Crippen LogP contribution in [-0.2, 0) is 9.59 Å². The van der Waals surface area contributed by atoms with Crippen molar-refractivity contribution in [2.45, 2.75) is 0 Å². The van der Waals surface area contributed by atoms with Crippen molar-refractivity contribution in [1.82, 2.24) is 0 Å². The van der Waals surface area contributed by atoms with E-state index < -0.39 is 17.8 Å². The van der Waals surface area contributed by atoms with Crippen LogP contribution in [0.3, 0.4) is 0 Å². The van der Waals surface area contributed by atoms with Gasteiger partial charge in [0.25, 0.3) is 11.8 Å². The zero-order valence-corrected chi connectivity index (χ0v) is 19.6. The monoisotopic (exact) mass is 496 g/mol.